The Morgan fingerprint density at radius 3 is 2.85 bits per heavy atom. The summed E-state index contributed by atoms with van der Waals surface area (Å²) in [6, 6.07) is 3.98. The topological polar surface area (TPSA) is 69.6 Å². The van der Waals surface area contributed by atoms with E-state index in [-0.39, 0.29) is 18.4 Å². The van der Waals surface area contributed by atoms with E-state index in [1.807, 2.05) is 0 Å². The first-order valence-corrected chi connectivity index (χ1v) is 6.52. The maximum atomic E-state index is 13.1. The van der Waals surface area contributed by atoms with Gasteiger partial charge in [0.2, 0.25) is 0 Å². The quantitative estimate of drug-likeness (QED) is 0.874. The molecule has 1 heterocycles. The van der Waals surface area contributed by atoms with Gasteiger partial charge in [-0.05, 0) is 43.5 Å². The van der Waals surface area contributed by atoms with E-state index in [0.29, 0.717) is 30.6 Å². The molecule has 0 aromatic heterocycles. The Kier molecular flexibility index (Phi) is 4.22. The van der Waals surface area contributed by atoms with Gasteiger partial charge in [0, 0.05) is 18.8 Å². The zero-order chi connectivity index (χ0) is 14.7. The Bertz CT molecular complexity index is 533. The Morgan fingerprint density at radius 2 is 2.20 bits per heavy atom. The van der Waals surface area contributed by atoms with Crippen LogP contribution in [0.5, 0.6) is 0 Å². The van der Waals surface area contributed by atoms with Crippen LogP contribution in [-0.2, 0) is 4.79 Å². The molecule has 1 saturated heterocycles. The molecule has 0 spiro atoms. The number of rotatable bonds is 2. The fourth-order valence-corrected chi connectivity index (χ4v) is 2.29. The summed E-state index contributed by atoms with van der Waals surface area (Å²) < 4.78 is 13.1. The molecule has 1 atom stereocenters. The van der Waals surface area contributed by atoms with E-state index >= 15 is 0 Å². The summed E-state index contributed by atoms with van der Waals surface area (Å²) in [5.41, 5.74) is 0.955. The lowest BCUT2D eigenvalue weighted by Crippen LogP contribution is -2.44. The van der Waals surface area contributed by atoms with E-state index in [9.17, 15) is 14.0 Å². The molecule has 0 saturated carbocycles. The number of amides is 2. The van der Waals surface area contributed by atoms with Gasteiger partial charge in [-0.2, -0.15) is 0 Å². The lowest BCUT2D eigenvalue weighted by molar-refractivity contribution is -0.143. The van der Waals surface area contributed by atoms with Crippen molar-refractivity contribution in [1.29, 1.82) is 0 Å². The molecule has 1 aromatic carbocycles. The fourth-order valence-electron chi connectivity index (χ4n) is 2.29. The van der Waals surface area contributed by atoms with Gasteiger partial charge in [0.15, 0.2) is 0 Å². The van der Waals surface area contributed by atoms with E-state index in [4.69, 9.17) is 5.11 Å². The van der Waals surface area contributed by atoms with Crippen molar-refractivity contribution < 1.29 is 19.1 Å². The monoisotopic (exact) mass is 280 g/mol. The summed E-state index contributed by atoms with van der Waals surface area (Å²) >= 11 is 0. The van der Waals surface area contributed by atoms with Gasteiger partial charge >= 0.3 is 12.0 Å². The van der Waals surface area contributed by atoms with Crippen LogP contribution in [0, 0.1) is 18.7 Å². The van der Waals surface area contributed by atoms with Crippen LogP contribution in [0.15, 0.2) is 18.2 Å². The minimum atomic E-state index is -0.875. The number of anilines is 1. The molecular weight excluding hydrogens is 263 g/mol. The van der Waals surface area contributed by atoms with Gasteiger partial charge in [0.05, 0.1) is 5.92 Å². The fraction of sp³-hybridized carbons (Fsp3) is 0.429. The number of halogens is 1. The molecule has 2 N–H and O–H groups in total. The van der Waals surface area contributed by atoms with Gasteiger partial charge in [-0.1, -0.05) is 0 Å². The third kappa shape index (κ3) is 3.26. The van der Waals surface area contributed by atoms with Gasteiger partial charge in [-0.25, -0.2) is 9.18 Å². The zero-order valence-electron chi connectivity index (χ0n) is 11.2. The average molecular weight is 280 g/mol. The van der Waals surface area contributed by atoms with Crippen molar-refractivity contribution in [2.45, 2.75) is 19.8 Å². The third-order valence-corrected chi connectivity index (χ3v) is 3.47. The number of nitrogens with one attached hydrogen (secondary N) is 1. The van der Waals surface area contributed by atoms with Gasteiger partial charge in [0.1, 0.15) is 5.82 Å². The second-order valence-electron chi connectivity index (χ2n) is 5.02. The van der Waals surface area contributed by atoms with Crippen molar-refractivity contribution in [3.63, 3.8) is 0 Å². The van der Waals surface area contributed by atoms with Crippen LogP contribution < -0.4 is 5.32 Å². The predicted octanol–water partition coefficient (Wildman–Crippen LogP) is 2.46. The van der Waals surface area contributed by atoms with Crippen molar-refractivity contribution >= 4 is 17.7 Å². The van der Waals surface area contributed by atoms with E-state index in [1.54, 1.807) is 13.0 Å². The van der Waals surface area contributed by atoms with Crippen LogP contribution in [0.2, 0.25) is 0 Å². The van der Waals surface area contributed by atoms with Crippen LogP contribution in [0.4, 0.5) is 14.9 Å². The van der Waals surface area contributed by atoms with Crippen LogP contribution in [0.25, 0.3) is 0 Å². The maximum absolute atomic E-state index is 13.1. The number of hydrogen-bond donors (Lipinski definition) is 2. The Balaban J connectivity index is 2.00. The van der Waals surface area contributed by atoms with Crippen LogP contribution in [0.3, 0.4) is 0 Å². The van der Waals surface area contributed by atoms with E-state index < -0.39 is 11.9 Å². The maximum Gasteiger partial charge on any atom is 0.321 e. The highest BCUT2D eigenvalue weighted by atomic mass is 19.1. The number of aryl methyl sites for hydroxylation is 1. The Labute approximate surface area is 116 Å². The van der Waals surface area contributed by atoms with Gasteiger partial charge in [-0.15, -0.1) is 0 Å². The molecule has 0 radical (unpaired) electrons. The highest BCUT2D eigenvalue weighted by Crippen LogP contribution is 2.19. The van der Waals surface area contributed by atoms with E-state index in [1.165, 1.54) is 17.0 Å². The number of carbonyl (C=O) groups excluding carboxylic acids is 1. The smallest absolute Gasteiger partial charge is 0.321 e. The molecule has 1 fully saturated rings. The Morgan fingerprint density at radius 1 is 1.45 bits per heavy atom. The number of hydrogen-bond acceptors (Lipinski definition) is 2. The molecule has 6 heteroatoms. The first-order valence-electron chi connectivity index (χ1n) is 6.52. The first-order chi connectivity index (χ1) is 9.47. The number of nitrogens with zero attached hydrogens (tertiary/aromatic N) is 1. The first kappa shape index (κ1) is 14.3. The molecule has 1 aliphatic rings. The molecule has 1 aromatic rings. The number of aliphatic carboxylic acids is 1. The average Bonchev–Trinajstić information content (AvgIpc) is 2.43. The Hall–Kier alpha value is -2.11. The SMILES string of the molecule is Cc1cc(NC(=O)N2CCC[C@@H](C(=O)O)C2)ccc1F. The molecular formula is C14H17FN2O3. The lowest BCUT2D eigenvalue weighted by Gasteiger charge is -2.30. The third-order valence-electron chi connectivity index (χ3n) is 3.47. The summed E-state index contributed by atoms with van der Waals surface area (Å²) in [5.74, 6) is -1.71. The molecule has 2 amide bonds. The van der Waals surface area contributed by atoms with Crippen LogP contribution in [-0.4, -0.2) is 35.1 Å². The largest absolute Gasteiger partial charge is 0.481 e. The molecule has 5 nitrogen and oxygen atoms in total. The van der Waals surface area contributed by atoms with Gasteiger partial charge in [-0.3, -0.25) is 4.79 Å². The summed E-state index contributed by atoms with van der Waals surface area (Å²) in [4.78, 5) is 24.5. The summed E-state index contributed by atoms with van der Waals surface area (Å²) in [6.07, 6.45) is 1.27. The molecule has 108 valence electrons. The molecule has 0 bridgehead atoms. The van der Waals surface area contributed by atoms with Crippen molar-refractivity contribution in [3.05, 3.63) is 29.6 Å². The number of carboxylic acids is 1. The summed E-state index contributed by atoms with van der Waals surface area (Å²) in [6.45, 7) is 2.36. The van der Waals surface area contributed by atoms with Crippen LogP contribution >= 0.6 is 0 Å². The van der Waals surface area contributed by atoms with Crippen LogP contribution in [0.1, 0.15) is 18.4 Å². The zero-order valence-corrected chi connectivity index (χ0v) is 11.2. The highest BCUT2D eigenvalue weighted by Gasteiger charge is 2.28. The molecule has 2 rings (SSSR count). The summed E-state index contributed by atoms with van der Waals surface area (Å²) in [7, 11) is 0. The molecule has 0 unspecified atom stereocenters. The minimum Gasteiger partial charge on any atom is -0.481 e. The number of piperidine rings is 1. The van der Waals surface area contributed by atoms with Crippen molar-refractivity contribution in [2.75, 3.05) is 18.4 Å². The summed E-state index contributed by atoms with van der Waals surface area (Å²) in [5, 5.41) is 11.7. The number of carbonyl (C=O) groups is 2. The second-order valence-corrected chi connectivity index (χ2v) is 5.02. The number of carboxylic acid groups (broad SMARTS) is 1. The van der Waals surface area contributed by atoms with E-state index in [0.717, 1.165) is 0 Å². The van der Waals surface area contributed by atoms with Crippen molar-refractivity contribution in [3.8, 4) is 0 Å². The number of benzene rings is 1. The van der Waals surface area contributed by atoms with E-state index in [2.05, 4.69) is 5.32 Å². The van der Waals surface area contributed by atoms with Gasteiger partial charge < -0.3 is 15.3 Å². The predicted molar refractivity (Wildman–Crippen MR) is 72.1 cm³/mol. The molecule has 20 heavy (non-hydrogen) atoms. The number of urea groups is 1. The standard InChI is InChI=1S/C14H17FN2O3/c1-9-7-11(4-5-12(9)15)16-14(20)17-6-2-3-10(8-17)13(18)19/h4-5,7,10H,2-3,6,8H2,1H3,(H,16,20)(H,18,19)/t10-/m1/s1. The highest BCUT2D eigenvalue weighted by molar-refractivity contribution is 5.89. The molecule has 0 aliphatic carbocycles. The normalized spacial score (nSPS) is 18.7. The van der Waals surface area contributed by atoms with Gasteiger partial charge in [0.25, 0.3) is 0 Å². The van der Waals surface area contributed by atoms with Crippen molar-refractivity contribution in [1.82, 2.24) is 4.90 Å². The van der Waals surface area contributed by atoms with Crippen molar-refractivity contribution in [2.24, 2.45) is 5.92 Å². The minimum absolute atomic E-state index is 0.210. The number of likely N-dealkylation sites (tertiary alicyclic amines) is 1. The molecule has 1 aliphatic heterocycles. The lowest BCUT2D eigenvalue weighted by atomic mass is 9.99. The second kappa shape index (κ2) is 5.90.